The van der Waals surface area contributed by atoms with E-state index in [-0.39, 0.29) is 12.1 Å². The first-order chi connectivity index (χ1) is 9.74. The van der Waals surface area contributed by atoms with Crippen LogP contribution in [-0.2, 0) is 11.2 Å². The van der Waals surface area contributed by atoms with Gasteiger partial charge in [-0.3, -0.25) is 0 Å². The van der Waals surface area contributed by atoms with Gasteiger partial charge in [-0.25, -0.2) is 4.79 Å². The Labute approximate surface area is 125 Å². The molecule has 0 aliphatic carbocycles. The van der Waals surface area contributed by atoms with E-state index in [2.05, 4.69) is 11.4 Å². The van der Waals surface area contributed by atoms with Crippen LogP contribution in [0.1, 0.15) is 44.9 Å². The largest absolute Gasteiger partial charge is 0.490 e. The molecule has 1 heterocycles. The maximum Gasteiger partial charge on any atom is 0.407 e. The highest BCUT2D eigenvalue weighted by molar-refractivity contribution is 5.67. The normalized spacial score (nSPS) is 18.6. The van der Waals surface area contributed by atoms with Gasteiger partial charge in [0.2, 0.25) is 0 Å². The van der Waals surface area contributed by atoms with Crippen molar-refractivity contribution in [2.24, 2.45) is 5.73 Å². The van der Waals surface area contributed by atoms with Crippen molar-refractivity contribution in [2.75, 3.05) is 6.54 Å². The number of carbonyl (C=O) groups excluding carboxylic acids is 1. The molecule has 0 saturated carbocycles. The topological polar surface area (TPSA) is 73.6 Å². The Morgan fingerprint density at radius 2 is 2.24 bits per heavy atom. The molecular weight excluding hydrogens is 268 g/mol. The van der Waals surface area contributed by atoms with Gasteiger partial charge >= 0.3 is 6.09 Å². The zero-order chi connectivity index (χ0) is 15.6. The predicted molar refractivity (Wildman–Crippen MR) is 81.4 cm³/mol. The smallest absolute Gasteiger partial charge is 0.407 e. The molecule has 0 radical (unpaired) electrons. The fourth-order valence-electron chi connectivity index (χ4n) is 2.30. The maximum absolute atomic E-state index is 11.6. The third kappa shape index (κ3) is 4.36. The number of benzene rings is 1. The van der Waals surface area contributed by atoms with E-state index in [1.165, 1.54) is 5.56 Å². The summed E-state index contributed by atoms with van der Waals surface area (Å²) in [6.07, 6.45) is 0.664. The molecule has 5 nitrogen and oxygen atoms in total. The van der Waals surface area contributed by atoms with Crippen LogP contribution in [0.2, 0.25) is 0 Å². The van der Waals surface area contributed by atoms with Crippen molar-refractivity contribution in [2.45, 2.75) is 51.9 Å². The number of amides is 1. The molecule has 1 aromatic rings. The number of ether oxygens (including phenoxy) is 2. The van der Waals surface area contributed by atoms with Gasteiger partial charge in [-0.2, -0.15) is 0 Å². The van der Waals surface area contributed by atoms with E-state index in [9.17, 15) is 4.79 Å². The summed E-state index contributed by atoms with van der Waals surface area (Å²) in [7, 11) is 0. The molecule has 5 heteroatoms. The minimum Gasteiger partial charge on any atom is -0.490 e. The Kier molecular flexibility index (Phi) is 4.42. The second-order valence-corrected chi connectivity index (χ2v) is 6.49. The monoisotopic (exact) mass is 292 g/mol. The Bertz CT molecular complexity index is 523. The SMILES string of the molecule is CC1Cc2cc(C(N)CNC(=O)OC(C)(C)C)ccc2O1. The third-order valence-corrected chi connectivity index (χ3v) is 3.21. The van der Waals surface area contributed by atoms with Gasteiger partial charge in [-0.05, 0) is 44.9 Å². The summed E-state index contributed by atoms with van der Waals surface area (Å²) >= 11 is 0. The number of alkyl carbamates (subject to hydrolysis) is 1. The lowest BCUT2D eigenvalue weighted by molar-refractivity contribution is 0.0524. The molecule has 0 spiro atoms. The minimum absolute atomic E-state index is 0.214. The summed E-state index contributed by atoms with van der Waals surface area (Å²) in [6.45, 7) is 7.87. The number of fused-ring (bicyclic) bond motifs is 1. The summed E-state index contributed by atoms with van der Waals surface area (Å²) in [6, 6.07) is 5.68. The molecule has 3 N–H and O–H groups in total. The zero-order valence-corrected chi connectivity index (χ0v) is 13.1. The molecule has 2 atom stereocenters. The van der Waals surface area contributed by atoms with Crippen LogP contribution in [-0.4, -0.2) is 24.3 Å². The van der Waals surface area contributed by atoms with Crippen LogP contribution < -0.4 is 15.8 Å². The minimum atomic E-state index is -0.505. The molecule has 21 heavy (non-hydrogen) atoms. The average Bonchev–Trinajstić information content (AvgIpc) is 2.72. The standard InChI is InChI=1S/C16H24N2O3/c1-10-7-12-8-11(5-6-14(12)20-10)13(17)9-18-15(19)21-16(2,3)4/h5-6,8,10,13H,7,9,17H2,1-4H3,(H,18,19). The summed E-state index contributed by atoms with van der Waals surface area (Å²) in [5, 5.41) is 2.70. The fraction of sp³-hybridized carbons (Fsp3) is 0.562. The Morgan fingerprint density at radius 3 is 2.90 bits per heavy atom. The number of nitrogens with one attached hydrogen (secondary N) is 1. The quantitative estimate of drug-likeness (QED) is 0.898. The van der Waals surface area contributed by atoms with Crippen LogP contribution in [0.3, 0.4) is 0 Å². The fourth-order valence-corrected chi connectivity index (χ4v) is 2.30. The molecule has 1 aliphatic heterocycles. The second kappa shape index (κ2) is 5.93. The van der Waals surface area contributed by atoms with E-state index < -0.39 is 11.7 Å². The van der Waals surface area contributed by atoms with Crippen molar-refractivity contribution in [3.8, 4) is 5.75 Å². The van der Waals surface area contributed by atoms with Crippen LogP contribution in [0.4, 0.5) is 4.79 Å². The first-order valence-corrected chi connectivity index (χ1v) is 7.26. The summed E-state index contributed by atoms with van der Waals surface area (Å²) in [4.78, 5) is 11.6. The highest BCUT2D eigenvalue weighted by atomic mass is 16.6. The van der Waals surface area contributed by atoms with Crippen LogP contribution in [0.5, 0.6) is 5.75 Å². The summed E-state index contributed by atoms with van der Waals surface area (Å²) in [5.74, 6) is 0.929. The molecular formula is C16H24N2O3. The van der Waals surface area contributed by atoms with E-state index in [1.54, 1.807) is 0 Å². The van der Waals surface area contributed by atoms with Crippen molar-refractivity contribution in [3.63, 3.8) is 0 Å². The van der Waals surface area contributed by atoms with Crippen LogP contribution in [0, 0.1) is 0 Å². The van der Waals surface area contributed by atoms with E-state index in [1.807, 2.05) is 39.8 Å². The van der Waals surface area contributed by atoms with Crippen LogP contribution >= 0.6 is 0 Å². The van der Waals surface area contributed by atoms with Crippen molar-refractivity contribution < 1.29 is 14.3 Å². The predicted octanol–water partition coefficient (Wildman–Crippen LogP) is 2.53. The number of nitrogens with two attached hydrogens (primary N) is 1. The highest BCUT2D eigenvalue weighted by Crippen LogP contribution is 2.30. The molecule has 1 aliphatic rings. The lowest BCUT2D eigenvalue weighted by Crippen LogP contribution is -2.36. The van der Waals surface area contributed by atoms with E-state index >= 15 is 0 Å². The molecule has 2 unspecified atom stereocenters. The second-order valence-electron chi connectivity index (χ2n) is 6.49. The molecule has 0 bridgehead atoms. The van der Waals surface area contributed by atoms with Crippen molar-refractivity contribution in [1.82, 2.24) is 5.32 Å². The van der Waals surface area contributed by atoms with Crippen LogP contribution in [0.15, 0.2) is 18.2 Å². The van der Waals surface area contributed by atoms with Gasteiger partial charge in [0.25, 0.3) is 0 Å². The number of carbonyl (C=O) groups is 1. The van der Waals surface area contributed by atoms with Crippen LogP contribution in [0.25, 0.3) is 0 Å². The van der Waals surface area contributed by atoms with Gasteiger partial charge in [-0.15, -0.1) is 0 Å². The van der Waals surface area contributed by atoms with Crippen molar-refractivity contribution in [3.05, 3.63) is 29.3 Å². The maximum atomic E-state index is 11.6. The zero-order valence-electron chi connectivity index (χ0n) is 13.1. The number of hydrogen-bond acceptors (Lipinski definition) is 4. The molecule has 1 amide bonds. The first-order valence-electron chi connectivity index (χ1n) is 7.26. The van der Waals surface area contributed by atoms with Gasteiger partial charge in [0, 0.05) is 19.0 Å². The van der Waals surface area contributed by atoms with Gasteiger partial charge in [0.1, 0.15) is 17.5 Å². The lowest BCUT2D eigenvalue weighted by Gasteiger charge is -2.21. The van der Waals surface area contributed by atoms with Crippen molar-refractivity contribution in [1.29, 1.82) is 0 Å². The molecule has 1 aromatic carbocycles. The number of hydrogen-bond donors (Lipinski definition) is 2. The molecule has 116 valence electrons. The number of rotatable bonds is 3. The Balaban J connectivity index is 1.91. The molecule has 2 rings (SSSR count). The van der Waals surface area contributed by atoms with Gasteiger partial charge in [0.05, 0.1) is 0 Å². The molecule has 0 fully saturated rings. The van der Waals surface area contributed by atoms with E-state index in [0.717, 1.165) is 17.7 Å². The van der Waals surface area contributed by atoms with Gasteiger partial charge < -0.3 is 20.5 Å². The highest BCUT2D eigenvalue weighted by Gasteiger charge is 2.21. The van der Waals surface area contributed by atoms with E-state index in [0.29, 0.717) is 6.54 Å². The lowest BCUT2D eigenvalue weighted by atomic mass is 10.0. The van der Waals surface area contributed by atoms with E-state index in [4.69, 9.17) is 15.2 Å². The van der Waals surface area contributed by atoms with Gasteiger partial charge in [-0.1, -0.05) is 12.1 Å². The summed E-state index contributed by atoms with van der Waals surface area (Å²) in [5.41, 5.74) is 7.78. The Hall–Kier alpha value is -1.75. The molecule has 0 saturated heterocycles. The molecule has 0 aromatic heterocycles. The van der Waals surface area contributed by atoms with Crippen molar-refractivity contribution >= 4 is 6.09 Å². The Morgan fingerprint density at radius 1 is 1.52 bits per heavy atom. The third-order valence-electron chi connectivity index (χ3n) is 3.21. The average molecular weight is 292 g/mol. The van der Waals surface area contributed by atoms with Gasteiger partial charge in [0.15, 0.2) is 0 Å². The summed E-state index contributed by atoms with van der Waals surface area (Å²) < 4.78 is 10.9. The first kappa shape index (κ1) is 15.6.